The SMILES string of the molecule is NNC(=NCc1ccccc1)NC1CCCC1. The fourth-order valence-electron chi connectivity index (χ4n) is 2.15. The van der Waals surface area contributed by atoms with Gasteiger partial charge in [-0.2, -0.15) is 0 Å². The van der Waals surface area contributed by atoms with Crippen LogP contribution < -0.4 is 16.6 Å². The van der Waals surface area contributed by atoms with Crippen molar-refractivity contribution in [2.24, 2.45) is 10.8 Å². The number of nitrogens with one attached hydrogen (secondary N) is 2. The van der Waals surface area contributed by atoms with Crippen LogP contribution in [0, 0.1) is 0 Å². The summed E-state index contributed by atoms with van der Waals surface area (Å²) in [5.74, 6) is 6.17. The van der Waals surface area contributed by atoms with E-state index >= 15 is 0 Å². The third kappa shape index (κ3) is 3.75. The highest BCUT2D eigenvalue weighted by Gasteiger charge is 2.15. The number of hydrogen-bond acceptors (Lipinski definition) is 2. The standard InChI is InChI=1S/C13H20N4/c14-17-13(16-12-8-4-5-9-12)15-10-11-6-2-1-3-7-11/h1-3,6-7,12H,4-5,8-10,14H2,(H2,15,16,17). The monoisotopic (exact) mass is 232 g/mol. The molecule has 0 spiro atoms. The molecule has 1 aliphatic carbocycles. The number of guanidine groups is 1. The van der Waals surface area contributed by atoms with E-state index in [1.807, 2.05) is 18.2 Å². The molecular formula is C13H20N4. The molecule has 0 saturated heterocycles. The van der Waals surface area contributed by atoms with Crippen LogP contribution in [0.2, 0.25) is 0 Å². The smallest absolute Gasteiger partial charge is 0.206 e. The van der Waals surface area contributed by atoms with Gasteiger partial charge in [-0.05, 0) is 18.4 Å². The molecule has 17 heavy (non-hydrogen) atoms. The summed E-state index contributed by atoms with van der Waals surface area (Å²) in [6, 6.07) is 10.7. The highest BCUT2D eigenvalue weighted by Crippen LogP contribution is 2.17. The maximum atomic E-state index is 5.47. The van der Waals surface area contributed by atoms with E-state index in [0.29, 0.717) is 18.5 Å². The van der Waals surface area contributed by atoms with Crippen molar-refractivity contribution in [1.82, 2.24) is 10.7 Å². The first kappa shape index (κ1) is 11.9. The molecule has 0 heterocycles. The van der Waals surface area contributed by atoms with Gasteiger partial charge in [0.05, 0.1) is 6.54 Å². The number of aliphatic imine (C=N–C) groups is 1. The fraction of sp³-hybridized carbons (Fsp3) is 0.462. The van der Waals surface area contributed by atoms with E-state index in [9.17, 15) is 0 Å². The van der Waals surface area contributed by atoms with Gasteiger partial charge in [0.1, 0.15) is 0 Å². The quantitative estimate of drug-likeness (QED) is 0.320. The molecule has 1 aromatic rings. The van der Waals surface area contributed by atoms with Crippen LogP contribution in [-0.2, 0) is 6.54 Å². The Balaban J connectivity index is 1.88. The lowest BCUT2D eigenvalue weighted by Crippen LogP contribution is -2.45. The van der Waals surface area contributed by atoms with E-state index in [0.717, 1.165) is 0 Å². The summed E-state index contributed by atoms with van der Waals surface area (Å²) in [6.45, 7) is 0.653. The van der Waals surface area contributed by atoms with Crippen molar-refractivity contribution in [2.75, 3.05) is 0 Å². The number of rotatable bonds is 3. The van der Waals surface area contributed by atoms with Crippen molar-refractivity contribution in [3.63, 3.8) is 0 Å². The topological polar surface area (TPSA) is 62.4 Å². The maximum Gasteiger partial charge on any atom is 0.206 e. The van der Waals surface area contributed by atoms with Crippen LogP contribution >= 0.6 is 0 Å². The molecule has 0 amide bonds. The summed E-state index contributed by atoms with van der Waals surface area (Å²) >= 11 is 0. The van der Waals surface area contributed by atoms with Crippen LogP contribution in [0.4, 0.5) is 0 Å². The Morgan fingerprint density at radius 3 is 2.59 bits per heavy atom. The Hall–Kier alpha value is -1.55. The van der Waals surface area contributed by atoms with Gasteiger partial charge >= 0.3 is 0 Å². The molecule has 4 N–H and O–H groups in total. The van der Waals surface area contributed by atoms with Gasteiger partial charge in [-0.25, -0.2) is 10.8 Å². The Bertz CT molecular complexity index is 355. The van der Waals surface area contributed by atoms with Gasteiger partial charge in [-0.1, -0.05) is 43.2 Å². The predicted octanol–water partition coefficient (Wildman–Crippen LogP) is 1.54. The van der Waals surface area contributed by atoms with Crippen molar-refractivity contribution in [1.29, 1.82) is 0 Å². The molecule has 4 heteroatoms. The molecule has 0 radical (unpaired) electrons. The lowest BCUT2D eigenvalue weighted by Gasteiger charge is -2.14. The van der Waals surface area contributed by atoms with Crippen molar-refractivity contribution in [3.05, 3.63) is 35.9 Å². The Morgan fingerprint density at radius 2 is 1.94 bits per heavy atom. The number of hydrogen-bond donors (Lipinski definition) is 3. The number of nitrogens with zero attached hydrogens (tertiary/aromatic N) is 1. The molecule has 1 aromatic carbocycles. The minimum Gasteiger partial charge on any atom is -0.353 e. The van der Waals surface area contributed by atoms with E-state index in [2.05, 4.69) is 27.9 Å². The first-order valence-electron chi connectivity index (χ1n) is 6.20. The molecule has 2 rings (SSSR count). The number of hydrazine groups is 1. The minimum absolute atomic E-state index is 0.528. The van der Waals surface area contributed by atoms with E-state index in [1.165, 1.54) is 31.2 Å². The first-order chi connectivity index (χ1) is 8.38. The van der Waals surface area contributed by atoms with Gasteiger partial charge in [-0.3, -0.25) is 5.43 Å². The van der Waals surface area contributed by atoms with Crippen LogP contribution in [0.15, 0.2) is 35.3 Å². The average molecular weight is 232 g/mol. The Kier molecular flexibility index (Phi) is 4.38. The molecule has 4 nitrogen and oxygen atoms in total. The van der Waals surface area contributed by atoms with Gasteiger partial charge < -0.3 is 5.32 Å². The first-order valence-corrected chi connectivity index (χ1v) is 6.20. The zero-order chi connectivity index (χ0) is 11.9. The third-order valence-electron chi connectivity index (χ3n) is 3.10. The predicted molar refractivity (Wildman–Crippen MR) is 70.3 cm³/mol. The molecule has 1 aliphatic rings. The average Bonchev–Trinajstić information content (AvgIpc) is 2.88. The second-order valence-electron chi connectivity index (χ2n) is 4.42. The molecule has 0 aromatic heterocycles. The third-order valence-corrected chi connectivity index (χ3v) is 3.10. The molecule has 0 bridgehead atoms. The second-order valence-corrected chi connectivity index (χ2v) is 4.42. The van der Waals surface area contributed by atoms with Crippen LogP contribution in [0.1, 0.15) is 31.2 Å². The normalized spacial score (nSPS) is 17.1. The largest absolute Gasteiger partial charge is 0.353 e. The highest BCUT2D eigenvalue weighted by atomic mass is 15.3. The summed E-state index contributed by atoms with van der Waals surface area (Å²) in [5.41, 5.74) is 3.83. The Labute approximate surface area is 102 Å². The molecule has 1 fully saturated rings. The summed E-state index contributed by atoms with van der Waals surface area (Å²) in [7, 11) is 0. The maximum absolute atomic E-state index is 5.47. The van der Waals surface area contributed by atoms with E-state index in [4.69, 9.17) is 5.84 Å². The molecular weight excluding hydrogens is 212 g/mol. The number of benzene rings is 1. The molecule has 92 valence electrons. The summed E-state index contributed by atoms with van der Waals surface area (Å²) in [4.78, 5) is 4.45. The second kappa shape index (κ2) is 6.25. The highest BCUT2D eigenvalue weighted by molar-refractivity contribution is 5.79. The van der Waals surface area contributed by atoms with Gasteiger partial charge in [0.25, 0.3) is 0 Å². The van der Waals surface area contributed by atoms with Gasteiger partial charge in [0.15, 0.2) is 0 Å². The van der Waals surface area contributed by atoms with Crippen molar-refractivity contribution >= 4 is 5.96 Å². The molecule has 0 unspecified atom stereocenters. The van der Waals surface area contributed by atoms with Crippen molar-refractivity contribution in [2.45, 2.75) is 38.3 Å². The summed E-state index contributed by atoms with van der Waals surface area (Å²) < 4.78 is 0. The fourth-order valence-corrected chi connectivity index (χ4v) is 2.15. The van der Waals surface area contributed by atoms with Gasteiger partial charge in [0.2, 0.25) is 5.96 Å². The van der Waals surface area contributed by atoms with Gasteiger partial charge in [0, 0.05) is 6.04 Å². The van der Waals surface area contributed by atoms with E-state index in [1.54, 1.807) is 0 Å². The van der Waals surface area contributed by atoms with Gasteiger partial charge in [-0.15, -0.1) is 0 Å². The lowest BCUT2D eigenvalue weighted by molar-refractivity contribution is 0.614. The lowest BCUT2D eigenvalue weighted by atomic mass is 10.2. The van der Waals surface area contributed by atoms with Crippen LogP contribution in [0.25, 0.3) is 0 Å². The van der Waals surface area contributed by atoms with Crippen molar-refractivity contribution in [3.8, 4) is 0 Å². The molecule has 0 aliphatic heterocycles. The summed E-state index contributed by atoms with van der Waals surface area (Å²) in [5, 5.41) is 3.35. The molecule has 1 saturated carbocycles. The summed E-state index contributed by atoms with van der Waals surface area (Å²) in [6.07, 6.45) is 5.03. The van der Waals surface area contributed by atoms with Crippen LogP contribution in [0.3, 0.4) is 0 Å². The zero-order valence-corrected chi connectivity index (χ0v) is 10.0. The Morgan fingerprint density at radius 1 is 1.24 bits per heavy atom. The van der Waals surface area contributed by atoms with E-state index in [-0.39, 0.29) is 0 Å². The molecule has 0 atom stereocenters. The zero-order valence-electron chi connectivity index (χ0n) is 10.0. The van der Waals surface area contributed by atoms with Crippen LogP contribution in [-0.4, -0.2) is 12.0 Å². The minimum atomic E-state index is 0.528. The van der Waals surface area contributed by atoms with E-state index < -0.39 is 0 Å². The van der Waals surface area contributed by atoms with Crippen molar-refractivity contribution < 1.29 is 0 Å². The van der Waals surface area contributed by atoms with Crippen LogP contribution in [0.5, 0.6) is 0 Å². The number of nitrogens with two attached hydrogens (primary N) is 1.